The third kappa shape index (κ3) is 8.38. The van der Waals surface area contributed by atoms with E-state index in [4.69, 9.17) is 24.5 Å². The first kappa shape index (κ1) is 17.6. The number of hydrogen-bond acceptors (Lipinski definition) is 4. The molecule has 0 atom stereocenters. The number of rotatable bonds is 4. The quantitative estimate of drug-likeness (QED) is 0.414. The van der Waals surface area contributed by atoms with Crippen molar-refractivity contribution in [3.05, 3.63) is 27.3 Å². The van der Waals surface area contributed by atoms with Crippen molar-refractivity contribution in [3.8, 4) is 5.75 Å². The van der Waals surface area contributed by atoms with E-state index in [2.05, 4.69) is 47.0 Å². The van der Waals surface area contributed by atoms with Crippen LogP contribution in [0.3, 0.4) is 0 Å². The first-order chi connectivity index (χ1) is 8.88. The topological polar surface area (TPSA) is 95.9 Å². The summed E-state index contributed by atoms with van der Waals surface area (Å²) in [6.07, 6.45) is 0. The van der Waals surface area contributed by atoms with Crippen LogP contribution in [0.25, 0.3) is 0 Å². The second-order valence-electron chi connectivity index (χ2n) is 3.50. The molecule has 0 aliphatic heterocycles. The number of hydrogen-bond donors (Lipinski definition) is 3. The first-order valence-electron chi connectivity index (χ1n) is 5.38. The zero-order valence-corrected chi connectivity index (χ0v) is 12.8. The number of carboxylic acids is 2. The summed E-state index contributed by atoms with van der Waals surface area (Å²) in [6.45, 7) is 3.68. The Balaban J connectivity index is 0.000000459. The SMILES string of the molecule is CNCCOc1ccc(C)cc1I.O=C(O)C(=O)O. The predicted molar refractivity (Wildman–Crippen MR) is 78.6 cm³/mol. The monoisotopic (exact) mass is 381 g/mol. The van der Waals surface area contributed by atoms with Crippen LogP contribution in [0.2, 0.25) is 0 Å². The van der Waals surface area contributed by atoms with Gasteiger partial charge < -0.3 is 20.3 Å². The summed E-state index contributed by atoms with van der Waals surface area (Å²) in [7, 11) is 1.92. The van der Waals surface area contributed by atoms with Crippen molar-refractivity contribution in [2.75, 3.05) is 20.2 Å². The molecule has 3 N–H and O–H groups in total. The van der Waals surface area contributed by atoms with Gasteiger partial charge in [0.05, 0.1) is 3.57 Å². The fourth-order valence-corrected chi connectivity index (χ4v) is 1.81. The standard InChI is InChI=1S/C10H14INO.C2H2O4/c1-8-3-4-10(9(11)7-8)13-6-5-12-2;3-1(4)2(5)6/h3-4,7,12H,5-6H2,1-2H3;(H,3,4)(H,5,6). The van der Waals surface area contributed by atoms with Crippen LogP contribution in [0.5, 0.6) is 5.75 Å². The van der Waals surface area contributed by atoms with Crippen molar-refractivity contribution in [2.45, 2.75) is 6.92 Å². The molecule has 0 aliphatic carbocycles. The number of likely N-dealkylation sites (N-methyl/N-ethyl adjacent to an activating group) is 1. The molecule has 0 heterocycles. The van der Waals surface area contributed by atoms with E-state index in [1.807, 2.05) is 13.1 Å². The van der Waals surface area contributed by atoms with Crippen molar-refractivity contribution in [1.82, 2.24) is 5.32 Å². The minimum atomic E-state index is -1.82. The lowest BCUT2D eigenvalue weighted by Gasteiger charge is -2.07. The summed E-state index contributed by atoms with van der Waals surface area (Å²) in [5, 5.41) is 17.8. The Morgan fingerprint density at radius 2 is 1.89 bits per heavy atom. The van der Waals surface area contributed by atoms with Gasteiger partial charge in [0, 0.05) is 6.54 Å². The van der Waals surface area contributed by atoms with E-state index in [0.717, 1.165) is 18.9 Å². The molecule has 0 saturated carbocycles. The van der Waals surface area contributed by atoms with E-state index in [9.17, 15) is 0 Å². The summed E-state index contributed by atoms with van der Waals surface area (Å²) in [5.41, 5.74) is 1.27. The van der Waals surface area contributed by atoms with Gasteiger partial charge in [-0.15, -0.1) is 0 Å². The molecule has 7 heteroatoms. The second-order valence-corrected chi connectivity index (χ2v) is 4.66. The molecule has 0 saturated heterocycles. The molecule has 1 aromatic rings. The van der Waals surface area contributed by atoms with Crippen molar-refractivity contribution >= 4 is 34.5 Å². The number of carbonyl (C=O) groups is 2. The van der Waals surface area contributed by atoms with Crippen molar-refractivity contribution in [2.24, 2.45) is 0 Å². The highest BCUT2D eigenvalue weighted by molar-refractivity contribution is 14.1. The maximum atomic E-state index is 9.10. The third-order valence-electron chi connectivity index (χ3n) is 1.88. The molecular formula is C12H16INO5. The average Bonchev–Trinajstić information content (AvgIpc) is 2.33. The molecule has 0 aromatic heterocycles. The highest BCUT2D eigenvalue weighted by Crippen LogP contribution is 2.21. The maximum absolute atomic E-state index is 9.10. The Hall–Kier alpha value is -1.35. The molecule has 0 amide bonds. The fourth-order valence-electron chi connectivity index (χ4n) is 0.986. The zero-order chi connectivity index (χ0) is 14.8. The van der Waals surface area contributed by atoms with Gasteiger partial charge in [0.25, 0.3) is 0 Å². The van der Waals surface area contributed by atoms with Gasteiger partial charge >= 0.3 is 11.9 Å². The Morgan fingerprint density at radius 3 is 2.32 bits per heavy atom. The predicted octanol–water partition coefficient (Wildman–Crippen LogP) is 1.35. The lowest BCUT2D eigenvalue weighted by atomic mass is 10.2. The minimum Gasteiger partial charge on any atom is -0.491 e. The van der Waals surface area contributed by atoms with Crippen molar-refractivity contribution < 1.29 is 24.5 Å². The van der Waals surface area contributed by atoms with Gasteiger partial charge in [0.15, 0.2) is 0 Å². The largest absolute Gasteiger partial charge is 0.491 e. The van der Waals surface area contributed by atoms with Gasteiger partial charge in [-0.3, -0.25) is 0 Å². The summed E-state index contributed by atoms with van der Waals surface area (Å²) in [6, 6.07) is 6.21. The highest BCUT2D eigenvalue weighted by atomic mass is 127. The van der Waals surface area contributed by atoms with Gasteiger partial charge in [-0.05, 0) is 54.3 Å². The highest BCUT2D eigenvalue weighted by Gasteiger charge is 2.04. The molecule has 6 nitrogen and oxygen atoms in total. The average molecular weight is 381 g/mol. The number of carboxylic acid groups (broad SMARTS) is 2. The molecule has 0 aliphatic rings. The molecule has 0 unspecified atom stereocenters. The second kappa shape index (κ2) is 9.56. The van der Waals surface area contributed by atoms with E-state index < -0.39 is 11.9 Å². The van der Waals surface area contributed by atoms with Gasteiger partial charge in [-0.25, -0.2) is 9.59 Å². The van der Waals surface area contributed by atoms with E-state index in [0.29, 0.717) is 0 Å². The molecule has 0 spiro atoms. The molecule has 1 aromatic carbocycles. The van der Waals surface area contributed by atoms with Gasteiger partial charge in [-0.2, -0.15) is 0 Å². The minimum absolute atomic E-state index is 0.718. The molecule has 1 rings (SSSR count). The Kier molecular flexibility index (Phi) is 8.88. The summed E-state index contributed by atoms with van der Waals surface area (Å²) in [5.74, 6) is -2.67. The number of benzene rings is 1. The number of ether oxygens (including phenoxy) is 1. The molecule has 0 radical (unpaired) electrons. The van der Waals surface area contributed by atoms with Crippen LogP contribution in [0.4, 0.5) is 0 Å². The molecule has 0 fully saturated rings. The van der Waals surface area contributed by atoms with Gasteiger partial charge in [-0.1, -0.05) is 6.07 Å². The van der Waals surface area contributed by atoms with Crippen LogP contribution in [0.1, 0.15) is 5.56 Å². The lowest BCUT2D eigenvalue weighted by molar-refractivity contribution is -0.159. The van der Waals surface area contributed by atoms with E-state index in [1.165, 1.54) is 9.13 Å². The lowest BCUT2D eigenvalue weighted by Crippen LogP contribution is -2.16. The number of aryl methyl sites for hydroxylation is 1. The number of halogens is 1. The van der Waals surface area contributed by atoms with Crippen LogP contribution in [0.15, 0.2) is 18.2 Å². The Bertz CT molecular complexity index is 424. The van der Waals surface area contributed by atoms with Crippen LogP contribution >= 0.6 is 22.6 Å². The summed E-state index contributed by atoms with van der Waals surface area (Å²) < 4.78 is 6.74. The van der Waals surface area contributed by atoms with Crippen molar-refractivity contribution in [3.63, 3.8) is 0 Å². The third-order valence-corrected chi connectivity index (χ3v) is 2.72. The van der Waals surface area contributed by atoms with Crippen LogP contribution < -0.4 is 10.1 Å². The van der Waals surface area contributed by atoms with Gasteiger partial charge in [0.1, 0.15) is 12.4 Å². The smallest absolute Gasteiger partial charge is 0.414 e. The Labute approximate surface area is 124 Å². The molecule has 19 heavy (non-hydrogen) atoms. The number of aliphatic carboxylic acids is 2. The number of nitrogens with one attached hydrogen (secondary N) is 1. The van der Waals surface area contributed by atoms with Crippen LogP contribution in [-0.4, -0.2) is 42.4 Å². The van der Waals surface area contributed by atoms with Crippen LogP contribution in [-0.2, 0) is 9.59 Å². The molecule has 0 bridgehead atoms. The molecule has 106 valence electrons. The Morgan fingerprint density at radius 1 is 1.32 bits per heavy atom. The molecular weight excluding hydrogens is 365 g/mol. The van der Waals surface area contributed by atoms with Gasteiger partial charge in [0.2, 0.25) is 0 Å². The van der Waals surface area contributed by atoms with E-state index in [-0.39, 0.29) is 0 Å². The van der Waals surface area contributed by atoms with Crippen molar-refractivity contribution in [1.29, 1.82) is 0 Å². The first-order valence-corrected chi connectivity index (χ1v) is 6.46. The normalized spacial score (nSPS) is 9.21. The van der Waals surface area contributed by atoms with Crippen LogP contribution in [0, 0.1) is 10.5 Å². The zero-order valence-electron chi connectivity index (χ0n) is 10.6. The summed E-state index contributed by atoms with van der Waals surface area (Å²) in [4.78, 5) is 18.2. The maximum Gasteiger partial charge on any atom is 0.414 e. The summed E-state index contributed by atoms with van der Waals surface area (Å²) >= 11 is 2.29. The van der Waals surface area contributed by atoms with E-state index in [1.54, 1.807) is 0 Å². The fraction of sp³-hybridized carbons (Fsp3) is 0.333. The van der Waals surface area contributed by atoms with E-state index >= 15 is 0 Å².